The van der Waals surface area contributed by atoms with E-state index in [-0.39, 0.29) is 5.91 Å². The zero-order chi connectivity index (χ0) is 19.8. The van der Waals surface area contributed by atoms with Crippen LogP contribution in [0, 0.1) is 0 Å². The van der Waals surface area contributed by atoms with Gasteiger partial charge in [0.15, 0.2) is 11.5 Å². The minimum absolute atomic E-state index is 0.275. The number of thiophene rings is 1. The first-order chi connectivity index (χ1) is 14.2. The fourth-order valence-electron chi connectivity index (χ4n) is 3.24. The second-order valence-corrected chi connectivity index (χ2v) is 7.57. The molecule has 7 heteroatoms. The number of anilines is 2. The summed E-state index contributed by atoms with van der Waals surface area (Å²) in [5, 5.41) is 3.66. The highest BCUT2D eigenvalue weighted by atomic mass is 32.1. The fraction of sp³-hybridized carbons (Fsp3) is 0.0909. The molecule has 0 bridgehead atoms. The van der Waals surface area contributed by atoms with Gasteiger partial charge < -0.3 is 20.5 Å². The van der Waals surface area contributed by atoms with Crippen LogP contribution in [-0.4, -0.2) is 24.1 Å². The number of pyridine rings is 1. The smallest absolute Gasteiger partial charge is 0.267 e. The van der Waals surface area contributed by atoms with E-state index in [1.807, 2.05) is 42.5 Å². The summed E-state index contributed by atoms with van der Waals surface area (Å²) in [7, 11) is 0. The van der Waals surface area contributed by atoms with E-state index in [9.17, 15) is 4.79 Å². The van der Waals surface area contributed by atoms with Crippen molar-refractivity contribution < 1.29 is 14.3 Å². The maximum absolute atomic E-state index is 12.8. The van der Waals surface area contributed by atoms with Crippen LogP contribution in [0.15, 0.2) is 60.7 Å². The van der Waals surface area contributed by atoms with Crippen LogP contribution in [-0.2, 0) is 0 Å². The van der Waals surface area contributed by atoms with Gasteiger partial charge in [-0.25, -0.2) is 4.98 Å². The molecule has 4 aromatic rings. The highest BCUT2D eigenvalue weighted by Crippen LogP contribution is 2.36. The average Bonchev–Trinajstić information content (AvgIpc) is 3.10. The first-order valence-corrected chi connectivity index (χ1v) is 9.96. The lowest BCUT2D eigenvalue weighted by atomic mass is 10.1. The van der Waals surface area contributed by atoms with Crippen molar-refractivity contribution in [1.82, 2.24) is 4.98 Å². The molecule has 1 aliphatic rings. The predicted octanol–water partition coefficient (Wildman–Crippen LogP) is 4.57. The molecule has 29 heavy (non-hydrogen) atoms. The van der Waals surface area contributed by atoms with E-state index in [0.717, 1.165) is 21.5 Å². The molecule has 0 atom stereocenters. The average molecular weight is 403 g/mol. The number of rotatable bonds is 3. The van der Waals surface area contributed by atoms with Crippen LogP contribution in [0.25, 0.3) is 21.5 Å². The van der Waals surface area contributed by atoms with E-state index in [1.54, 1.807) is 18.2 Å². The topological polar surface area (TPSA) is 86.5 Å². The molecule has 5 rings (SSSR count). The number of benzene rings is 2. The van der Waals surface area contributed by atoms with Crippen LogP contribution in [0.1, 0.15) is 9.67 Å². The fourth-order valence-corrected chi connectivity index (χ4v) is 4.23. The molecule has 2 aromatic heterocycles. The van der Waals surface area contributed by atoms with Gasteiger partial charge in [-0.15, -0.1) is 11.3 Å². The van der Waals surface area contributed by atoms with Gasteiger partial charge in [0.25, 0.3) is 5.91 Å². The largest absolute Gasteiger partial charge is 0.486 e. The molecule has 0 unspecified atom stereocenters. The first-order valence-electron chi connectivity index (χ1n) is 9.14. The summed E-state index contributed by atoms with van der Waals surface area (Å²) < 4.78 is 11.1. The van der Waals surface area contributed by atoms with Gasteiger partial charge >= 0.3 is 0 Å². The highest BCUT2D eigenvalue weighted by Gasteiger charge is 2.19. The Hall–Kier alpha value is -3.58. The Bertz CT molecular complexity index is 1220. The molecule has 6 nitrogen and oxygen atoms in total. The van der Waals surface area contributed by atoms with Crippen molar-refractivity contribution in [3.8, 4) is 22.8 Å². The number of aromatic nitrogens is 1. The van der Waals surface area contributed by atoms with E-state index in [2.05, 4.69) is 5.32 Å². The Morgan fingerprint density at radius 1 is 1.00 bits per heavy atom. The number of nitrogens with zero attached hydrogens (tertiary/aromatic N) is 1. The maximum Gasteiger partial charge on any atom is 0.267 e. The monoisotopic (exact) mass is 403 g/mol. The van der Waals surface area contributed by atoms with Crippen LogP contribution in [0.5, 0.6) is 11.5 Å². The van der Waals surface area contributed by atoms with Crippen molar-refractivity contribution in [2.24, 2.45) is 0 Å². The summed E-state index contributed by atoms with van der Waals surface area (Å²) in [5.41, 5.74) is 9.18. The van der Waals surface area contributed by atoms with Crippen LogP contribution < -0.4 is 20.5 Å². The number of hydrogen-bond acceptors (Lipinski definition) is 6. The SMILES string of the molecule is Nc1c(C(=O)Nc2ccc3c(c2)OCCO3)sc2nc(-c3ccccc3)ccc12. The minimum Gasteiger partial charge on any atom is -0.486 e. The Kier molecular flexibility index (Phi) is 4.29. The molecular weight excluding hydrogens is 386 g/mol. The number of ether oxygens (including phenoxy) is 2. The predicted molar refractivity (Wildman–Crippen MR) is 115 cm³/mol. The molecule has 0 fully saturated rings. The van der Waals surface area contributed by atoms with Crippen molar-refractivity contribution in [1.29, 1.82) is 0 Å². The number of nitrogens with one attached hydrogen (secondary N) is 1. The molecule has 3 heterocycles. The molecule has 1 amide bonds. The third-order valence-electron chi connectivity index (χ3n) is 4.67. The van der Waals surface area contributed by atoms with E-state index in [4.69, 9.17) is 20.2 Å². The van der Waals surface area contributed by atoms with Crippen LogP contribution in [0.3, 0.4) is 0 Å². The Morgan fingerprint density at radius 2 is 1.79 bits per heavy atom. The summed E-state index contributed by atoms with van der Waals surface area (Å²) in [6.45, 7) is 1.01. The summed E-state index contributed by atoms with van der Waals surface area (Å²) in [6.07, 6.45) is 0. The van der Waals surface area contributed by atoms with E-state index in [0.29, 0.717) is 41.0 Å². The number of nitrogen functional groups attached to an aromatic ring is 1. The van der Waals surface area contributed by atoms with Crippen molar-refractivity contribution in [3.05, 3.63) is 65.5 Å². The molecule has 0 saturated heterocycles. The van der Waals surface area contributed by atoms with Crippen LogP contribution in [0.2, 0.25) is 0 Å². The second-order valence-electron chi connectivity index (χ2n) is 6.57. The number of carbonyl (C=O) groups excluding carboxylic acids is 1. The third kappa shape index (κ3) is 3.25. The minimum atomic E-state index is -0.275. The van der Waals surface area contributed by atoms with Gasteiger partial charge in [-0.1, -0.05) is 30.3 Å². The molecule has 0 saturated carbocycles. The standard InChI is InChI=1S/C22H17N3O3S/c23-19-15-7-8-16(13-4-2-1-3-5-13)25-22(15)29-20(19)21(26)24-14-6-9-17-18(12-14)28-11-10-27-17/h1-9,12H,10-11,23H2,(H,24,26). The van der Waals surface area contributed by atoms with Crippen molar-refractivity contribution in [2.75, 3.05) is 24.3 Å². The molecule has 1 aliphatic heterocycles. The Labute approximate surface area is 170 Å². The quantitative estimate of drug-likeness (QED) is 0.523. The zero-order valence-electron chi connectivity index (χ0n) is 15.3. The summed E-state index contributed by atoms with van der Waals surface area (Å²) >= 11 is 1.28. The van der Waals surface area contributed by atoms with Crippen molar-refractivity contribution in [3.63, 3.8) is 0 Å². The lowest BCUT2D eigenvalue weighted by Gasteiger charge is -2.18. The summed E-state index contributed by atoms with van der Waals surface area (Å²) in [4.78, 5) is 18.7. The van der Waals surface area contributed by atoms with Gasteiger partial charge in [0.05, 0.1) is 11.4 Å². The first kappa shape index (κ1) is 17.5. The lowest BCUT2D eigenvalue weighted by molar-refractivity contribution is 0.103. The molecule has 0 spiro atoms. The number of carbonyl (C=O) groups is 1. The molecule has 0 radical (unpaired) electrons. The van der Waals surface area contributed by atoms with Crippen LogP contribution in [0.4, 0.5) is 11.4 Å². The third-order valence-corrected chi connectivity index (χ3v) is 5.78. The van der Waals surface area contributed by atoms with Gasteiger partial charge in [-0.05, 0) is 24.3 Å². The molecule has 3 N–H and O–H groups in total. The molecule has 0 aliphatic carbocycles. The van der Waals surface area contributed by atoms with E-state index < -0.39 is 0 Å². The van der Waals surface area contributed by atoms with E-state index in [1.165, 1.54) is 11.3 Å². The maximum atomic E-state index is 12.8. The van der Waals surface area contributed by atoms with Gasteiger partial charge in [0.1, 0.15) is 22.9 Å². The number of hydrogen-bond donors (Lipinski definition) is 2. The van der Waals surface area contributed by atoms with Crippen molar-refractivity contribution >= 4 is 38.8 Å². The van der Waals surface area contributed by atoms with Gasteiger partial charge in [-0.2, -0.15) is 0 Å². The lowest BCUT2D eigenvalue weighted by Crippen LogP contribution is -2.16. The van der Waals surface area contributed by atoms with Gasteiger partial charge in [0, 0.05) is 22.7 Å². The normalized spacial score (nSPS) is 12.7. The summed E-state index contributed by atoms with van der Waals surface area (Å²) in [5.74, 6) is 1.02. The van der Waals surface area contributed by atoms with E-state index >= 15 is 0 Å². The van der Waals surface area contributed by atoms with Crippen molar-refractivity contribution in [2.45, 2.75) is 0 Å². The molecule has 2 aromatic carbocycles. The Morgan fingerprint density at radius 3 is 2.62 bits per heavy atom. The second kappa shape index (κ2) is 7.10. The zero-order valence-corrected chi connectivity index (χ0v) is 16.2. The summed E-state index contributed by atoms with van der Waals surface area (Å²) in [6, 6.07) is 19.0. The molecular formula is C22H17N3O3S. The number of amides is 1. The molecule has 144 valence electrons. The Balaban J connectivity index is 1.45. The highest BCUT2D eigenvalue weighted by molar-refractivity contribution is 7.21. The number of nitrogens with two attached hydrogens (primary N) is 1. The number of fused-ring (bicyclic) bond motifs is 2. The van der Waals surface area contributed by atoms with Gasteiger partial charge in [-0.3, -0.25) is 4.79 Å². The van der Waals surface area contributed by atoms with Gasteiger partial charge in [0.2, 0.25) is 0 Å². The van der Waals surface area contributed by atoms with Crippen LogP contribution >= 0.6 is 11.3 Å².